The molecule has 0 fully saturated rings. The van der Waals surface area contributed by atoms with Crippen molar-refractivity contribution in [3.8, 4) is 5.75 Å². The zero-order chi connectivity index (χ0) is 17.5. The Balaban J connectivity index is 1.80. The molecule has 0 aromatic heterocycles. The van der Waals surface area contributed by atoms with E-state index < -0.39 is 4.92 Å². The Hall–Kier alpha value is -2.60. The first-order valence-corrected chi connectivity index (χ1v) is 7.69. The third-order valence-corrected chi connectivity index (χ3v) is 3.65. The molecule has 0 aliphatic rings. The summed E-state index contributed by atoms with van der Waals surface area (Å²) in [6.45, 7) is 0.779. The highest BCUT2D eigenvalue weighted by atomic mass is 35.5. The van der Waals surface area contributed by atoms with Gasteiger partial charge in [-0.15, -0.1) is 0 Å². The molecule has 2 rings (SSSR count). The van der Waals surface area contributed by atoms with Crippen LogP contribution in [0.5, 0.6) is 5.75 Å². The molecule has 0 unspecified atom stereocenters. The van der Waals surface area contributed by atoms with Gasteiger partial charge in [0, 0.05) is 24.2 Å². The van der Waals surface area contributed by atoms with Crippen molar-refractivity contribution in [2.24, 2.45) is 0 Å². The quantitative estimate of drug-likeness (QED) is 0.568. The van der Waals surface area contributed by atoms with Gasteiger partial charge in [-0.1, -0.05) is 29.8 Å². The van der Waals surface area contributed by atoms with Gasteiger partial charge in [0.05, 0.1) is 17.9 Å². The maximum Gasteiger partial charge on any atom is 0.269 e. The Labute approximate surface area is 144 Å². The molecule has 2 aromatic rings. The molecular formula is C17H17ClN2O4. The van der Waals surface area contributed by atoms with E-state index >= 15 is 0 Å². The summed E-state index contributed by atoms with van der Waals surface area (Å²) >= 11 is 5.87. The molecule has 0 atom stereocenters. The van der Waals surface area contributed by atoms with Crippen LogP contribution in [0.1, 0.15) is 5.56 Å². The number of amides is 1. The molecule has 0 N–H and O–H groups in total. The summed E-state index contributed by atoms with van der Waals surface area (Å²) < 4.78 is 5.55. The van der Waals surface area contributed by atoms with E-state index in [0.29, 0.717) is 23.9 Å². The summed E-state index contributed by atoms with van der Waals surface area (Å²) in [4.78, 5) is 23.8. The zero-order valence-corrected chi connectivity index (χ0v) is 13.9. The molecule has 0 saturated heterocycles. The van der Waals surface area contributed by atoms with Crippen molar-refractivity contribution in [2.75, 3.05) is 20.2 Å². The van der Waals surface area contributed by atoms with E-state index in [1.807, 2.05) is 0 Å². The number of halogens is 1. The van der Waals surface area contributed by atoms with Gasteiger partial charge in [-0.25, -0.2) is 0 Å². The number of benzene rings is 2. The van der Waals surface area contributed by atoms with Gasteiger partial charge in [0.1, 0.15) is 12.4 Å². The molecule has 6 nitrogen and oxygen atoms in total. The number of rotatable bonds is 7. The first kappa shape index (κ1) is 17.7. The number of likely N-dealkylation sites (N-methyl/N-ethyl adjacent to an activating group) is 1. The molecule has 1 amide bonds. The lowest BCUT2D eigenvalue weighted by atomic mass is 10.1. The van der Waals surface area contributed by atoms with Crippen molar-refractivity contribution in [3.63, 3.8) is 0 Å². The van der Waals surface area contributed by atoms with Gasteiger partial charge < -0.3 is 9.64 Å². The van der Waals surface area contributed by atoms with E-state index in [4.69, 9.17) is 16.3 Å². The zero-order valence-electron chi connectivity index (χ0n) is 13.1. The second-order valence-electron chi connectivity index (χ2n) is 5.22. The normalized spacial score (nSPS) is 10.2. The average Bonchev–Trinajstić information content (AvgIpc) is 2.55. The van der Waals surface area contributed by atoms with Crippen molar-refractivity contribution in [1.82, 2.24) is 4.90 Å². The lowest BCUT2D eigenvalue weighted by Crippen LogP contribution is -2.32. The lowest BCUT2D eigenvalue weighted by molar-refractivity contribution is -0.384. The van der Waals surface area contributed by atoms with Crippen LogP contribution in [0.15, 0.2) is 48.5 Å². The molecule has 2 aromatic carbocycles. The molecule has 0 heterocycles. The number of non-ortho nitro benzene ring substituents is 1. The lowest BCUT2D eigenvalue weighted by Gasteiger charge is -2.17. The van der Waals surface area contributed by atoms with Gasteiger partial charge in [-0.3, -0.25) is 14.9 Å². The van der Waals surface area contributed by atoms with Gasteiger partial charge in [-0.05, 0) is 23.8 Å². The minimum Gasteiger partial charge on any atom is -0.492 e. The Morgan fingerprint density at radius 1 is 1.25 bits per heavy atom. The summed E-state index contributed by atoms with van der Waals surface area (Å²) in [5.41, 5.74) is 0.739. The van der Waals surface area contributed by atoms with Gasteiger partial charge >= 0.3 is 0 Å². The topological polar surface area (TPSA) is 72.7 Å². The van der Waals surface area contributed by atoms with Crippen molar-refractivity contribution in [3.05, 3.63) is 69.2 Å². The molecular weight excluding hydrogens is 332 g/mol. The van der Waals surface area contributed by atoms with E-state index in [1.165, 1.54) is 12.1 Å². The van der Waals surface area contributed by atoms with Crippen molar-refractivity contribution < 1.29 is 14.5 Å². The Morgan fingerprint density at radius 3 is 2.58 bits per heavy atom. The number of carbonyl (C=O) groups excluding carboxylic acids is 1. The molecule has 24 heavy (non-hydrogen) atoms. The largest absolute Gasteiger partial charge is 0.492 e. The summed E-state index contributed by atoms with van der Waals surface area (Å²) in [5.74, 6) is 0.567. The highest BCUT2D eigenvalue weighted by molar-refractivity contribution is 6.30. The Kier molecular flexibility index (Phi) is 6.14. The molecule has 0 aliphatic carbocycles. The third kappa shape index (κ3) is 5.24. The van der Waals surface area contributed by atoms with Gasteiger partial charge in [-0.2, -0.15) is 0 Å². The monoisotopic (exact) mass is 348 g/mol. The average molecular weight is 349 g/mol. The Morgan fingerprint density at radius 2 is 1.96 bits per heavy atom. The summed E-state index contributed by atoms with van der Waals surface area (Å²) in [6, 6.07) is 13.0. The standard InChI is InChI=1S/C17H17ClN2O4/c1-19(9-10-24-16-4-2-3-14(18)12-16)17(21)11-13-5-7-15(8-6-13)20(22)23/h2-8,12H,9-11H2,1H3. The summed E-state index contributed by atoms with van der Waals surface area (Å²) in [6.07, 6.45) is 0.186. The minimum absolute atomic E-state index is 0.00877. The Bertz CT molecular complexity index is 719. The van der Waals surface area contributed by atoms with Crippen LogP contribution in [0.2, 0.25) is 5.02 Å². The molecule has 0 saturated carbocycles. The van der Waals surface area contributed by atoms with Gasteiger partial charge in [0.15, 0.2) is 0 Å². The number of carbonyl (C=O) groups is 1. The van der Waals surface area contributed by atoms with Crippen molar-refractivity contribution in [2.45, 2.75) is 6.42 Å². The second kappa shape index (κ2) is 8.31. The highest BCUT2D eigenvalue weighted by Gasteiger charge is 2.11. The van der Waals surface area contributed by atoms with E-state index in [2.05, 4.69) is 0 Å². The maximum absolute atomic E-state index is 12.1. The van der Waals surface area contributed by atoms with Crippen LogP contribution in [-0.2, 0) is 11.2 Å². The van der Waals surface area contributed by atoms with Crippen LogP contribution >= 0.6 is 11.6 Å². The minimum atomic E-state index is -0.467. The number of nitro benzene ring substituents is 1. The van der Waals surface area contributed by atoms with E-state index in [1.54, 1.807) is 48.3 Å². The molecule has 0 spiro atoms. The number of nitro groups is 1. The number of hydrogen-bond donors (Lipinski definition) is 0. The molecule has 0 radical (unpaired) electrons. The molecule has 0 bridgehead atoms. The molecule has 0 aliphatic heterocycles. The van der Waals surface area contributed by atoms with Crippen LogP contribution in [0.4, 0.5) is 5.69 Å². The van der Waals surface area contributed by atoms with E-state index in [9.17, 15) is 14.9 Å². The van der Waals surface area contributed by atoms with Crippen molar-refractivity contribution in [1.29, 1.82) is 0 Å². The van der Waals surface area contributed by atoms with Crippen LogP contribution < -0.4 is 4.74 Å². The van der Waals surface area contributed by atoms with Crippen LogP contribution in [0, 0.1) is 10.1 Å². The first-order valence-electron chi connectivity index (χ1n) is 7.31. The number of nitrogens with zero attached hydrogens (tertiary/aromatic N) is 2. The van der Waals surface area contributed by atoms with Crippen molar-refractivity contribution >= 4 is 23.2 Å². The van der Waals surface area contributed by atoms with Crippen LogP contribution in [0.25, 0.3) is 0 Å². The molecule has 126 valence electrons. The van der Waals surface area contributed by atoms with Crippen LogP contribution in [0.3, 0.4) is 0 Å². The second-order valence-corrected chi connectivity index (χ2v) is 5.66. The third-order valence-electron chi connectivity index (χ3n) is 3.42. The fourth-order valence-electron chi connectivity index (χ4n) is 2.03. The predicted octanol–water partition coefficient (Wildman–Crippen LogP) is 3.33. The smallest absolute Gasteiger partial charge is 0.269 e. The SMILES string of the molecule is CN(CCOc1cccc(Cl)c1)C(=O)Cc1ccc([N+](=O)[O-])cc1. The van der Waals surface area contributed by atoms with Crippen LogP contribution in [-0.4, -0.2) is 35.9 Å². The number of hydrogen-bond acceptors (Lipinski definition) is 4. The molecule has 7 heteroatoms. The van der Waals surface area contributed by atoms with Gasteiger partial charge in [0.25, 0.3) is 5.69 Å². The van der Waals surface area contributed by atoms with E-state index in [0.717, 1.165) is 5.56 Å². The maximum atomic E-state index is 12.1. The fraction of sp³-hybridized carbons (Fsp3) is 0.235. The fourth-order valence-corrected chi connectivity index (χ4v) is 2.21. The summed E-state index contributed by atoms with van der Waals surface area (Å²) in [7, 11) is 1.69. The number of ether oxygens (including phenoxy) is 1. The first-order chi connectivity index (χ1) is 11.5. The predicted molar refractivity (Wildman–Crippen MR) is 91.4 cm³/mol. The summed E-state index contributed by atoms with van der Waals surface area (Å²) in [5, 5.41) is 11.2. The highest BCUT2D eigenvalue weighted by Crippen LogP contribution is 2.17. The van der Waals surface area contributed by atoms with E-state index in [-0.39, 0.29) is 18.0 Å². The van der Waals surface area contributed by atoms with Gasteiger partial charge in [0.2, 0.25) is 5.91 Å².